The fourth-order valence-electron chi connectivity index (χ4n) is 2.01. The lowest BCUT2D eigenvalue weighted by molar-refractivity contribution is 0.0939. The third kappa shape index (κ3) is 3.72. The van der Waals surface area contributed by atoms with Crippen LogP contribution in [0.4, 0.5) is 10.1 Å². The van der Waals surface area contributed by atoms with Crippen LogP contribution >= 0.6 is 0 Å². The summed E-state index contributed by atoms with van der Waals surface area (Å²) in [6, 6.07) is 10.6. The Labute approximate surface area is 122 Å². The quantitative estimate of drug-likeness (QED) is 0.850. The molecule has 0 saturated carbocycles. The molecule has 0 aromatic heterocycles. The summed E-state index contributed by atoms with van der Waals surface area (Å²) in [4.78, 5) is 12.2. The Morgan fingerprint density at radius 3 is 2.71 bits per heavy atom. The highest BCUT2D eigenvalue weighted by Gasteiger charge is 2.13. The normalized spacial score (nSPS) is 11.8. The van der Waals surface area contributed by atoms with E-state index in [2.05, 4.69) is 5.32 Å². The fraction of sp³-hybridized carbons (Fsp3) is 0.188. The van der Waals surface area contributed by atoms with Crippen molar-refractivity contribution in [1.82, 2.24) is 5.32 Å². The summed E-state index contributed by atoms with van der Waals surface area (Å²) in [7, 11) is 1.51. The molecule has 110 valence electrons. The minimum atomic E-state index is -0.334. The highest BCUT2D eigenvalue weighted by molar-refractivity contribution is 5.95. The van der Waals surface area contributed by atoms with E-state index in [1.54, 1.807) is 37.3 Å². The Balaban J connectivity index is 2.16. The molecule has 4 nitrogen and oxygen atoms in total. The Morgan fingerprint density at radius 2 is 2.05 bits per heavy atom. The molecule has 1 unspecified atom stereocenters. The Bertz CT molecular complexity index is 658. The van der Waals surface area contributed by atoms with Crippen molar-refractivity contribution in [2.45, 2.75) is 13.0 Å². The summed E-state index contributed by atoms with van der Waals surface area (Å²) >= 11 is 0. The number of benzene rings is 2. The van der Waals surface area contributed by atoms with E-state index in [0.29, 0.717) is 22.6 Å². The molecule has 0 aliphatic carbocycles. The minimum absolute atomic E-state index is 0.294. The van der Waals surface area contributed by atoms with Gasteiger partial charge in [-0.05, 0) is 36.8 Å². The highest BCUT2D eigenvalue weighted by Crippen LogP contribution is 2.20. The molecule has 5 heteroatoms. The number of methoxy groups -OCH3 is 1. The minimum Gasteiger partial charge on any atom is -0.497 e. The van der Waals surface area contributed by atoms with Crippen molar-refractivity contribution in [2.75, 3.05) is 12.8 Å². The van der Waals surface area contributed by atoms with Gasteiger partial charge in [0, 0.05) is 17.3 Å². The van der Waals surface area contributed by atoms with Crippen molar-refractivity contribution in [3.05, 3.63) is 59.4 Å². The van der Waals surface area contributed by atoms with Gasteiger partial charge in [0.05, 0.1) is 13.2 Å². The number of carbonyl (C=O) groups excluding carboxylic acids is 1. The van der Waals surface area contributed by atoms with E-state index < -0.39 is 0 Å². The van der Waals surface area contributed by atoms with Crippen molar-refractivity contribution in [2.24, 2.45) is 0 Å². The molecular formula is C16H17FN2O2. The number of halogens is 1. The molecule has 0 spiro atoms. The summed E-state index contributed by atoms with van der Waals surface area (Å²) in [5.41, 5.74) is 7.26. The maximum Gasteiger partial charge on any atom is 0.251 e. The van der Waals surface area contributed by atoms with Crippen LogP contribution in [-0.4, -0.2) is 13.0 Å². The zero-order valence-corrected chi connectivity index (χ0v) is 11.9. The lowest BCUT2D eigenvalue weighted by atomic mass is 10.1. The molecule has 2 aromatic carbocycles. The smallest absolute Gasteiger partial charge is 0.251 e. The van der Waals surface area contributed by atoms with Crippen LogP contribution in [0.2, 0.25) is 0 Å². The molecule has 21 heavy (non-hydrogen) atoms. The Hall–Kier alpha value is -2.56. The molecule has 1 amide bonds. The van der Waals surface area contributed by atoms with Crippen LogP contribution in [0.1, 0.15) is 28.9 Å². The van der Waals surface area contributed by atoms with Crippen molar-refractivity contribution in [3.63, 3.8) is 0 Å². The van der Waals surface area contributed by atoms with Gasteiger partial charge in [-0.25, -0.2) is 4.39 Å². The van der Waals surface area contributed by atoms with Crippen LogP contribution < -0.4 is 15.8 Å². The predicted octanol–water partition coefficient (Wildman–Crippen LogP) is 2.91. The predicted molar refractivity (Wildman–Crippen MR) is 79.7 cm³/mol. The van der Waals surface area contributed by atoms with Gasteiger partial charge in [0.1, 0.15) is 11.6 Å². The number of carbonyl (C=O) groups is 1. The first kappa shape index (κ1) is 14.8. The Kier molecular flexibility index (Phi) is 4.42. The lowest BCUT2D eigenvalue weighted by Crippen LogP contribution is -2.26. The standard InChI is InChI=1S/C16H17FN2O2/c1-10(11-4-3-5-13(17)6-11)19-16(20)12-7-14(18)9-15(8-12)21-2/h3-10H,18H2,1-2H3,(H,19,20). The SMILES string of the molecule is COc1cc(N)cc(C(=O)NC(C)c2cccc(F)c2)c1. The molecule has 0 radical (unpaired) electrons. The van der Waals surface area contributed by atoms with Gasteiger partial charge in [0.25, 0.3) is 5.91 Å². The first-order valence-electron chi connectivity index (χ1n) is 6.50. The van der Waals surface area contributed by atoms with Gasteiger partial charge < -0.3 is 15.8 Å². The second-order valence-corrected chi connectivity index (χ2v) is 4.75. The third-order valence-electron chi connectivity index (χ3n) is 3.12. The van der Waals surface area contributed by atoms with Gasteiger partial charge in [-0.15, -0.1) is 0 Å². The van der Waals surface area contributed by atoms with E-state index in [-0.39, 0.29) is 17.8 Å². The molecular weight excluding hydrogens is 271 g/mol. The molecule has 0 fully saturated rings. The molecule has 0 aliphatic heterocycles. The number of nitrogens with one attached hydrogen (secondary N) is 1. The average molecular weight is 288 g/mol. The lowest BCUT2D eigenvalue weighted by Gasteiger charge is -2.15. The zero-order chi connectivity index (χ0) is 15.4. The molecule has 0 aliphatic rings. The summed E-state index contributed by atoms with van der Waals surface area (Å²) in [5.74, 6) is -0.116. The number of hydrogen-bond acceptors (Lipinski definition) is 3. The summed E-state index contributed by atoms with van der Waals surface area (Å²) < 4.78 is 18.3. The first-order valence-corrected chi connectivity index (χ1v) is 6.50. The van der Waals surface area contributed by atoms with Crippen molar-refractivity contribution in [3.8, 4) is 5.75 Å². The van der Waals surface area contributed by atoms with E-state index in [1.807, 2.05) is 0 Å². The molecule has 1 atom stereocenters. The van der Waals surface area contributed by atoms with Crippen molar-refractivity contribution in [1.29, 1.82) is 0 Å². The van der Waals surface area contributed by atoms with E-state index in [0.717, 1.165) is 0 Å². The molecule has 2 rings (SSSR count). The average Bonchev–Trinajstić information content (AvgIpc) is 2.46. The summed E-state index contributed by atoms with van der Waals surface area (Å²) in [6.45, 7) is 1.79. The molecule has 0 bridgehead atoms. The summed E-state index contributed by atoms with van der Waals surface area (Å²) in [5, 5.41) is 2.80. The zero-order valence-electron chi connectivity index (χ0n) is 11.9. The van der Waals surface area contributed by atoms with Crippen LogP contribution in [0.5, 0.6) is 5.75 Å². The number of nitrogen functional groups attached to an aromatic ring is 1. The van der Waals surface area contributed by atoms with Gasteiger partial charge in [-0.3, -0.25) is 4.79 Å². The number of hydrogen-bond donors (Lipinski definition) is 2. The number of nitrogens with two attached hydrogens (primary N) is 1. The van der Waals surface area contributed by atoms with Crippen LogP contribution in [0, 0.1) is 5.82 Å². The number of anilines is 1. The van der Waals surface area contributed by atoms with E-state index >= 15 is 0 Å². The second kappa shape index (κ2) is 6.26. The van der Waals surface area contributed by atoms with Crippen LogP contribution in [-0.2, 0) is 0 Å². The number of ether oxygens (including phenoxy) is 1. The van der Waals surface area contributed by atoms with Crippen LogP contribution in [0.15, 0.2) is 42.5 Å². The molecule has 3 N–H and O–H groups in total. The van der Waals surface area contributed by atoms with E-state index in [4.69, 9.17) is 10.5 Å². The topological polar surface area (TPSA) is 64.3 Å². The van der Waals surface area contributed by atoms with Crippen LogP contribution in [0.3, 0.4) is 0 Å². The third-order valence-corrected chi connectivity index (χ3v) is 3.12. The first-order chi connectivity index (χ1) is 9.99. The summed E-state index contributed by atoms with van der Waals surface area (Å²) in [6.07, 6.45) is 0. The molecule has 0 saturated heterocycles. The second-order valence-electron chi connectivity index (χ2n) is 4.75. The van der Waals surface area contributed by atoms with Gasteiger partial charge in [-0.2, -0.15) is 0 Å². The van der Waals surface area contributed by atoms with Crippen molar-refractivity contribution >= 4 is 11.6 Å². The van der Waals surface area contributed by atoms with E-state index in [9.17, 15) is 9.18 Å². The molecule has 0 heterocycles. The molecule has 2 aromatic rings. The largest absolute Gasteiger partial charge is 0.497 e. The van der Waals surface area contributed by atoms with Gasteiger partial charge >= 0.3 is 0 Å². The van der Waals surface area contributed by atoms with Gasteiger partial charge in [-0.1, -0.05) is 12.1 Å². The van der Waals surface area contributed by atoms with Gasteiger partial charge in [0.2, 0.25) is 0 Å². The van der Waals surface area contributed by atoms with Gasteiger partial charge in [0.15, 0.2) is 0 Å². The van der Waals surface area contributed by atoms with E-state index in [1.165, 1.54) is 19.2 Å². The Morgan fingerprint density at radius 1 is 1.29 bits per heavy atom. The van der Waals surface area contributed by atoms with Crippen molar-refractivity contribution < 1.29 is 13.9 Å². The maximum atomic E-state index is 13.2. The fourth-order valence-corrected chi connectivity index (χ4v) is 2.01. The number of rotatable bonds is 4. The monoisotopic (exact) mass is 288 g/mol. The maximum absolute atomic E-state index is 13.2. The highest BCUT2D eigenvalue weighted by atomic mass is 19.1. The number of amides is 1. The van der Waals surface area contributed by atoms with Crippen LogP contribution in [0.25, 0.3) is 0 Å².